The van der Waals surface area contributed by atoms with Crippen molar-refractivity contribution in [1.29, 1.82) is 0 Å². The molecule has 1 aromatic carbocycles. The number of ether oxygens (including phenoxy) is 1. The van der Waals surface area contributed by atoms with Crippen molar-refractivity contribution in [3.8, 4) is 0 Å². The average molecular weight is 530 g/mol. The third kappa shape index (κ3) is 10.6. The lowest BCUT2D eigenvalue weighted by Crippen LogP contribution is -2.38. The van der Waals surface area contributed by atoms with E-state index >= 15 is 0 Å². The van der Waals surface area contributed by atoms with E-state index in [1.807, 2.05) is 31.2 Å². The van der Waals surface area contributed by atoms with Crippen molar-refractivity contribution in [3.63, 3.8) is 0 Å². The Morgan fingerprint density at radius 2 is 1.90 bits per heavy atom. The molecule has 1 fully saturated rings. The van der Waals surface area contributed by atoms with E-state index in [0.29, 0.717) is 24.8 Å². The van der Waals surface area contributed by atoms with Gasteiger partial charge in [0.25, 0.3) is 5.91 Å². The van der Waals surface area contributed by atoms with Gasteiger partial charge >= 0.3 is 0 Å². The molecule has 1 saturated carbocycles. The molecule has 170 valence electrons. The van der Waals surface area contributed by atoms with Crippen molar-refractivity contribution in [1.82, 2.24) is 16.0 Å². The number of hydrogen-bond acceptors (Lipinski definition) is 3. The van der Waals surface area contributed by atoms with Gasteiger partial charge in [-0.25, -0.2) is 4.99 Å². The van der Waals surface area contributed by atoms with Gasteiger partial charge in [0, 0.05) is 31.8 Å². The van der Waals surface area contributed by atoms with Crippen LogP contribution in [0.1, 0.15) is 74.7 Å². The van der Waals surface area contributed by atoms with Crippen LogP contribution in [0.15, 0.2) is 29.3 Å². The molecule has 1 aromatic rings. The number of carbonyl (C=O) groups is 1. The number of halogens is 1. The molecule has 1 aliphatic rings. The van der Waals surface area contributed by atoms with Gasteiger partial charge in [0.05, 0.1) is 12.6 Å². The summed E-state index contributed by atoms with van der Waals surface area (Å²) in [6.45, 7) is 7.77. The molecule has 0 aromatic heterocycles. The van der Waals surface area contributed by atoms with Gasteiger partial charge in [0.2, 0.25) is 0 Å². The molecule has 0 spiro atoms. The summed E-state index contributed by atoms with van der Waals surface area (Å²) in [6.07, 6.45) is 8.76. The van der Waals surface area contributed by atoms with Crippen molar-refractivity contribution in [3.05, 3.63) is 35.4 Å². The number of aliphatic imine (C=N–C) groups is 1. The standard InChI is InChI=1S/C23H38N4O2.HI/c1-3-14-25-22(28)20-11-8-10-19(17-20)18-27-23(24-4-2)26-15-9-16-29-21-12-6-5-7-13-21;/h8,10-11,17,21H,3-7,9,12-16,18H2,1-2H3,(H,25,28)(H2,24,26,27);1H. The van der Waals surface area contributed by atoms with Crippen molar-refractivity contribution in [2.45, 2.75) is 71.4 Å². The second-order valence-electron chi connectivity index (χ2n) is 7.56. The highest BCUT2D eigenvalue weighted by Crippen LogP contribution is 2.20. The van der Waals surface area contributed by atoms with E-state index in [9.17, 15) is 4.79 Å². The number of carbonyl (C=O) groups excluding carboxylic acids is 1. The zero-order chi connectivity index (χ0) is 20.7. The monoisotopic (exact) mass is 530 g/mol. The second kappa shape index (κ2) is 16.4. The van der Waals surface area contributed by atoms with Crippen LogP contribution in [-0.4, -0.2) is 44.2 Å². The van der Waals surface area contributed by atoms with E-state index in [2.05, 4.69) is 27.9 Å². The summed E-state index contributed by atoms with van der Waals surface area (Å²) in [5.41, 5.74) is 1.70. The predicted octanol–water partition coefficient (Wildman–Crippen LogP) is 4.24. The molecular formula is C23H39IN4O2. The highest BCUT2D eigenvalue weighted by Gasteiger charge is 2.13. The van der Waals surface area contributed by atoms with E-state index in [-0.39, 0.29) is 29.9 Å². The molecule has 1 amide bonds. The van der Waals surface area contributed by atoms with Crippen LogP contribution in [-0.2, 0) is 11.3 Å². The van der Waals surface area contributed by atoms with Crippen molar-refractivity contribution < 1.29 is 9.53 Å². The minimum atomic E-state index is -0.0272. The van der Waals surface area contributed by atoms with E-state index in [1.54, 1.807) is 0 Å². The van der Waals surface area contributed by atoms with Crippen molar-refractivity contribution in [2.75, 3.05) is 26.2 Å². The summed E-state index contributed by atoms with van der Waals surface area (Å²) in [6, 6.07) is 7.67. The number of nitrogens with zero attached hydrogens (tertiary/aromatic N) is 1. The Labute approximate surface area is 199 Å². The Bertz CT molecular complexity index is 633. The number of hydrogen-bond donors (Lipinski definition) is 3. The van der Waals surface area contributed by atoms with Crippen LogP contribution in [0.25, 0.3) is 0 Å². The summed E-state index contributed by atoms with van der Waals surface area (Å²) in [5.74, 6) is 0.770. The van der Waals surface area contributed by atoms with Gasteiger partial charge < -0.3 is 20.7 Å². The molecule has 0 unspecified atom stereocenters. The van der Waals surface area contributed by atoms with Crippen LogP contribution in [0.5, 0.6) is 0 Å². The summed E-state index contributed by atoms with van der Waals surface area (Å²) in [7, 11) is 0. The van der Waals surface area contributed by atoms with Gasteiger partial charge in [-0.3, -0.25) is 4.79 Å². The highest BCUT2D eigenvalue weighted by atomic mass is 127. The Morgan fingerprint density at radius 1 is 1.10 bits per heavy atom. The molecule has 0 atom stereocenters. The normalized spacial score (nSPS) is 14.7. The van der Waals surface area contributed by atoms with Crippen molar-refractivity contribution in [2.24, 2.45) is 4.99 Å². The van der Waals surface area contributed by atoms with Crippen LogP contribution < -0.4 is 16.0 Å². The Morgan fingerprint density at radius 3 is 2.63 bits per heavy atom. The predicted molar refractivity (Wildman–Crippen MR) is 135 cm³/mol. The summed E-state index contributed by atoms with van der Waals surface area (Å²) in [5, 5.41) is 9.56. The summed E-state index contributed by atoms with van der Waals surface area (Å²) < 4.78 is 5.98. The molecule has 0 heterocycles. The van der Waals surface area contributed by atoms with E-state index < -0.39 is 0 Å². The maximum absolute atomic E-state index is 12.1. The molecular weight excluding hydrogens is 491 g/mol. The number of benzene rings is 1. The Balaban J connectivity index is 0.00000450. The van der Waals surface area contributed by atoms with Gasteiger partial charge in [-0.15, -0.1) is 24.0 Å². The molecule has 2 rings (SSSR count). The number of nitrogens with one attached hydrogen (secondary N) is 3. The van der Waals surface area contributed by atoms with Crippen LogP contribution in [0.4, 0.5) is 0 Å². The second-order valence-corrected chi connectivity index (χ2v) is 7.56. The number of guanidine groups is 1. The minimum Gasteiger partial charge on any atom is -0.378 e. The van der Waals surface area contributed by atoms with E-state index in [1.165, 1.54) is 32.1 Å². The molecule has 0 aliphatic heterocycles. The maximum Gasteiger partial charge on any atom is 0.251 e. The third-order valence-corrected chi connectivity index (χ3v) is 5.01. The molecule has 3 N–H and O–H groups in total. The SMILES string of the molecule is CCCNC(=O)c1cccc(CN=C(NCC)NCCCOC2CCCCC2)c1.I. The molecule has 0 radical (unpaired) electrons. The zero-order valence-corrected chi connectivity index (χ0v) is 20.9. The van der Waals surface area contributed by atoms with Crippen molar-refractivity contribution >= 4 is 35.8 Å². The first-order chi connectivity index (χ1) is 14.2. The molecule has 7 heteroatoms. The topological polar surface area (TPSA) is 74.8 Å². The smallest absolute Gasteiger partial charge is 0.251 e. The Hall–Kier alpha value is -1.35. The lowest BCUT2D eigenvalue weighted by atomic mass is 9.98. The van der Waals surface area contributed by atoms with Gasteiger partial charge in [-0.2, -0.15) is 0 Å². The van der Waals surface area contributed by atoms with Crippen LogP contribution in [0, 0.1) is 0 Å². The highest BCUT2D eigenvalue weighted by molar-refractivity contribution is 14.0. The molecule has 0 bridgehead atoms. The quantitative estimate of drug-likeness (QED) is 0.173. The van der Waals surface area contributed by atoms with Crippen LogP contribution in [0.2, 0.25) is 0 Å². The summed E-state index contributed by atoms with van der Waals surface area (Å²) >= 11 is 0. The average Bonchev–Trinajstić information content (AvgIpc) is 2.76. The maximum atomic E-state index is 12.1. The van der Waals surface area contributed by atoms with Crippen LogP contribution in [0.3, 0.4) is 0 Å². The summed E-state index contributed by atoms with van der Waals surface area (Å²) in [4.78, 5) is 16.8. The molecule has 30 heavy (non-hydrogen) atoms. The van der Waals surface area contributed by atoms with Gasteiger partial charge in [-0.1, -0.05) is 38.3 Å². The van der Waals surface area contributed by atoms with E-state index in [0.717, 1.165) is 44.1 Å². The zero-order valence-electron chi connectivity index (χ0n) is 18.5. The van der Waals surface area contributed by atoms with Crippen LogP contribution >= 0.6 is 24.0 Å². The number of rotatable bonds is 11. The molecule has 1 aliphatic carbocycles. The van der Waals surface area contributed by atoms with Gasteiger partial charge in [-0.05, 0) is 50.3 Å². The molecule has 6 nitrogen and oxygen atoms in total. The minimum absolute atomic E-state index is 0. The lowest BCUT2D eigenvalue weighted by molar-refractivity contribution is 0.0277. The first kappa shape index (κ1) is 26.7. The van der Waals surface area contributed by atoms with Gasteiger partial charge in [0.15, 0.2) is 5.96 Å². The number of amides is 1. The van der Waals surface area contributed by atoms with Gasteiger partial charge in [0.1, 0.15) is 0 Å². The third-order valence-electron chi connectivity index (χ3n) is 5.01. The van der Waals surface area contributed by atoms with E-state index in [4.69, 9.17) is 4.74 Å². The largest absolute Gasteiger partial charge is 0.378 e. The fourth-order valence-electron chi connectivity index (χ4n) is 3.42. The first-order valence-electron chi connectivity index (χ1n) is 11.2. The molecule has 0 saturated heterocycles. The first-order valence-corrected chi connectivity index (χ1v) is 11.2. The fraction of sp³-hybridized carbons (Fsp3) is 0.652. The lowest BCUT2D eigenvalue weighted by Gasteiger charge is -2.22. The fourth-order valence-corrected chi connectivity index (χ4v) is 3.42. The Kier molecular flexibility index (Phi) is 14.5.